The lowest BCUT2D eigenvalue weighted by molar-refractivity contribution is 0.599. The van der Waals surface area contributed by atoms with Crippen LogP contribution in [-0.4, -0.2) is 5.88 Å². The van der Waals surface area contributed by atoms with E-state index < -0.39 is 0 Å². The first kappa shape index (κ1) is 8.56. The second-order valence-electron chi connectivity index (χ2n) is 2.18. The molecule has 0 amide bonds. The van der Waals surface area contributed by atoms with E-state index in [0.717, 1.165) is 0 Å². The molecule has 0 aliphatic rings. The van der Waals surface area contributed by atoms with Crippen molar-refractivity contribution in [2.45, 2.75) is 6.54 Å². The van der Waals surface area contributed by atoms with Gasteiger partial charge in [-0.2, -0.15) is 12.6 Å². The second-order valence-corrected chi connectivity index (χ2v) is 2.49. The molecule has 1 nitrogen and oxygen atoms in total. The van der Waals surface area contributed by atoms with Crippen LogP contribution < -0.4 is 5.32 Å². The first-order valence-corrected chi connectivity index (χ1v) is 4.03. The summed E-state index contributed by atoms with van der Waals surface area (Å²) >= 11 is 3.95. The lowest BCUT2D eigenvalue weighted by atomic mass is 10.2. The summed E-state index contributed by atoms with van der Waals surface area (Å²) in [5.74, 6) is 0.399. The van der Waals surface area contributed by atoms with Crippen molar-refractivity contribution < 1.29 is 4.39 Å². The molecule has 1 aromatic rings. The van der Waals surface area contributed by atoms with Gasteiger partial charge >= 0.3 is 0 Å². The number of hydrogen-bond donors (Lipinski definition) is 2. The number of rotatable bonds is 3. The van der Waals surface area contributed by atoms with Crippen LogP contribution in [0.25, 0.3) is 0 Å². The molecular weight excluding hydrogens is 161 g/mol. The van der Waals surface area contributed by atoms with E-state index in [2.05, 4.69) is 17.9 Å². The van der Waals surface area contributed by atoms with Crippen molar-refractivity contribution in [1.29, 1.82) is 0 Å². The molecule has 0 fully saturated rings. The summed E-state index contributed by atoms with van der Waals surface area (Å²) in [5.41, 5.74) is 0.682. The zero-order valence-electron chi connectivity index (χ0n) is 6.05. The average molecular weight is 171 g/mol. The van der Waals surface area contributed by atoms with Gasteiger partial charge in [-0.05, 0) is 6.07 Å². The molecule has 0 saturated heterocycles. The molecule has 0 unspecified atom stereocenters. The topological polar surface area (TPSA) is 12.0 Å². The van der Waals surface area contributed by atoms with Gasteiger partial charge in [0.25, 0.3) is 0 Å². The van der Waals surface area contributed by atoms with Crippen LogP contribution >= 0.6 is 12.6 Å². The third kappa shape index (κ3) is 2.52. The van der Waals surface area contributed by atoms with E-state index >= 15 is 0 Å². The summed E-state index contributed by atoms with van der Waals surface area (Å²) in [4.78, 5) is 0. The van der Waals surface area contributed by atoms with Crippen molar-refractivity contribution in [2.24, 2.45) is 0 Å². The van der Waals surface area contributed by atoms with E-state index in [1.54, 1.807) is 12.1 Å². The van der Waals surface area contributed by atoms with Gasteiger partial charge in [-0.3, -0.25) is 0 Å². The number of benzene rings is 1. The van der Waals surface area contributed by atoms with Crippen LogP contribution in [0.4, 0.5) is 4.39 Å². The molecule has 1 N–H and O–H groups in total. The molecule has 0 spiro atoms. The highest BCUT2D eigenvalue weighted by atomic mass is 32.1. The van der Waals surface area contributed by atoms with Crippen LogP contribution in [-0.2, 0) is 6.54 Å². The minimum absolute atomic E-state index is 0.165. The fraction of sp³-hybridized carbons (Fsp3) is 0.250. The summed E-state index contributed by atoms with van der Waals surface area (Å²) in [6, 6.07) is 6.71. The highest BCUT2D eigenvalue weighted by Crippen LogP contribution is 2.04. The Morgan fingerprint density at radius 2 is 2.09 bits per heavy atom. The predicted molar refractivity (Wildman–Crippen MR) is 47.1 cm³/mol. The highest BCUT2D eigenvalue weighted by Gasteiger charge is 1.97. The Bertz CT molecular complexity index is 227. The quantitative estimate of drug-likeness (QED) is 0.522. The number of halogens is 1. The van der Waals surface area contributed by atoms with Gasteiger partial charge in [0.15, 0.2) is 0 Å². The van der Waals surface area contributed by atoms with Gasteiger partial charge in [-0.1, -0.05) is 18.2 Å². The Kier molecular flexibility index (Phi) is 3.39. The standard InChI is InChI=1S/C8H10FNS/c9-8-4-2-1-3-7(8)5-10-6-11/h1-4,10-11H,5-6H2. The molecule has 0 radical (unpaired) electrons. The Morgan fingerprint density at radius 1 is 1.36 bits per heavy atom. The van der Waals surface area contributed by atoms with Crippen LogP contribution in [0, 0.1) is 5.82 Å². The van der Waals surface area contributed by atoms with E-state index in [-0.39, 0.29) is 5.82 Å². The number of thiol groups is 1. The molecule has 0 atom stereocenters. The summed E-state index contributed by atoms with van der Waals surface area (Å²) < 4.78 is 12.8. The normalized spacial score (nSPS) is 10.0. The maximum absolute atomic E-state index is 12.8. The van der Waals surface area contributed by atoms with Crippen LogP contribution in [0.3, 0.4) is 0 Å². The Labute approximate surface area is 71.0 Å². The van der Waals surface area contributed by atoms with Gasteiger partial charge in [-0.15, -0.1) is 0 Å². The van der Waals surface area contributed by atoms with Crippen LogP contribution in [0.2, 0.25) is 0 Å². The molecule has 1 rings (SSSR count). The summed E-state index contributed by atoms with van der Waals surface area (Å²) in [6.07, 6.45) is 0. The van der Waals surface area contributed by atoms with Gasteiger partial charge in [0.2, 0.25) is 0 Å². The zero-order chi connectivity index (χ0) is 8.10. The fourth-order valence-corrected chi connectivity index (χ4v) is 0.944. The second kappa shape index (κ2) is 4.36. The largest absolute Gasteiger partial charge is 0.304 e. The van der Waals surface area contributed by atoms with E-state index in [1.165, 1.54) is 6.07 Å². The van der Waals surface area contributed by atoms with Crippen molar-refractivity contribution in [3.8, 4) is 0 Å². The van der Waals surface area contributed by atoms with Crippen molar-refractivity contribution in [1.82, 2.24) is 5.32 Å². The lowest BCUT2D eigenvalue weighted by Gasteiger charge is -2.01. The molecule has 0 bridgehead atoms. The molecule has 11 heavy (non-hydrogen) atoms. The first-order valence-electron chi connectivity index (χ1n) is 3.39. The minimum Gasteiger partial charge on any atom is -0.304 e. The van der Waals surface area contributed by atoms with Crippen molar-refractivity contribution in [2.75, 3.05) is 5.88 Å². The third-order valence-corrected chi connectivity index (χ3v) is 1.61. The Morgan fingerprint density at radius 3 is 2.73 bits per heavy atom. The molecule has 0 aromatic heterocycles. The summed E-state index contributed by atoms with van der Waals surface area (Å²) in [5, 5.41) is 2.93. The molecule has 0 aliphatic heterocycles. The molecule has 1 aromatic carbocycles. The van der Waals surface area contributed by atoms with Crippen LogP contribution in [0.1, 0.15) is 5.56 Å². The molecular formula is C8H10FNS. The van der Waals surface area contributed by atoms with Gasteiger partial charge in [-0.25, -0.2) is 4.39 Å². The Hall–Kier alpha value is -0.540. The summed E-state index contributed by atoms with van der Waals surface area (Å²) in [6.45, 7) is 0.538. The van der Waals surface area contributed by atoms with Gasteiger partial charge in [0.1, 0.15) is 5.82 Å². The Balaban J connectivity index is 2.62. The molecule has 60 valence electrons. The maximum atomic E-state index is 12.8. The van der Waals surface area contributed by atoms with Crippen molar-refractivity contribution in [3.63, 3.8) is 0 Å². The van der Waals surface area contributed by atoms with Crippen molar-refractivity contribution >= 4 is 12.6 Å². The number of nitrogens with one attached hydrogen (secondary N) is 1. The molecule has 0 aliphatic carbocycles. The fourth-order valence-electron chi connectivity index (χ4n) is 0.832. The lowest BCUT2D eigenvalue weighted by Crippen LogP contribution is -2.11. The van der Waals surface area contributed by atoms with E-state index in [1.807, 2.05) is 6.07 Å². The average Bonchev–Trinajstić information content (AvgIpc) is 2.03. The predicted octanol–water partition coefficient (Wildman–Crippen LogP) is 1.80. The number of hydrogen-bond acceptors (Lipinski definition) is 2. The van der Waals surface area contributed by atoms with Gasteiger partial charge in [0, 0.05) is 18.0 Å². The van der Waals surface area contributed by atoms with Crippen LogP contribution in [0.15, 0.2) is 24.3 Å². The minimum atomic E-state index is -0.165. The highest BCUT2D eigenvalue weighted by molar-refractivity contribution is 7.80. The SMILES string of the molecule is Fc1ccccc1CNCS. The van der Waals surface area contributed by atoms with E-state index in [9.17, 15) is 4.39 Å². The zero-order valence-corrected chi connectivity index (χ0v) is 6.94. The third-order valence-electron chi connectivity index (χ3n) is 1.39. The smallest absolute Gasteiger partial charge is 0.127 e. The van der Waals surface area contributed by atoms with Gasteiger partial charge in [0.05, 0.1) is 0 Å². The molecule has 0 heterocycles. The molecule has 0 saturated carbocycles. The summed E-state index contributed by atoms with van der Waals surface area (Å²) in [7, 11) is 0. The van der Waals surface area contributed by atoms with E-state index in [4.69, 9.17) is 0 Å². The first-order chi connectivity index (χ1) is 5.34. The molecule has 3 heteroatoms. The van der Waals surface area contributed by atoms with E-state index in [0.29, 0.717) is 18.0 Å². The maximum Gasteiger partial charge on any atom is 0.127 e. The van der Waals surface area contributed by atoms with Crippen molar-refractivity contribution in [3.05, 3.63) is 35.6 Å². The monoisotopic (exact) mass is 171 g/mol. The van der Waals surface area contributed by atoms with Crippen LogP contribution in [0.5, 0.6) is 0 Å². The van der Waals surface area contributed by atoms with Gasteiger partial charge < -0.3 is 5.32 Å².